The summed E-state index contributed by atoms with van der Waals surface area (Å²) in [6, 6.07) is 12.3. The Labute approximate surface area is 159 Å². The summed E-state index contributed by atoms with van der Waals surface area (Å²) in [5.74, 6) is 0. The van der Waals surface area contributed by atoms with E-state index >= 15 is 0 Å². The number of aromatic nitrogens is 2. The van der Waals surface area contributed by atoms with Crippen LogP contribution in [0.1, 0.15) is 28.1 Å². The van der Waals surface area contributed by atoms with Crippen LogP contribution in [-0.2, 0) is 12.7 Å². The van der Waals surface area contributed by atoms with E-state index in [9.17, 15) is 13.2 Å². The number of hydrogen-bond acceptors (Lipinski definition) is 2. The third-order valence-electron chi connectivity index (χ3n) is 4.37. The van der Waals surface area contributed by atoms with Gasteiger partial charge in [0.2, 0.25) is 0 Å². The second-order valence-electron chi connectivity index (χ2n) is 6.20. The second kappa shape index (κ2) is 7.09. The van der Waals surface area contributed by atoms with Crippen LogP contribution >= 0.6 is 11.6 Å². The van der Waals surface area contributed by atoms with E-state index in [1.54, 1.807) is 16.8 Å². The summed E-state index contributed by atoms with van der Waals surface area (Å²) in [4.78, 5) is 0. The number of alkyl halides is 3. The fourth-order valence-electron chi connectivity index (χ4n) is 3.00. The molecule has 3 rings (SSSR count). The molecule has 0 N–H and O–H groups in total. The van der Waals surface area contributed by atoms with Gasteiger partial charge in [0, 0.05) is 11.3 Å². The molecule has 3 aromatic rings. The zero-order valence-electron chi connectivity index (χ0n) is 14.6. The van der Waals surface area contributed by atoms with Crippen molar-refractivity contribution in [3.8, 4) is 17.2 Å². The van der Waals surface area contributed by atoms with Crippen molar-refractivity contribution < 1.29 is 13.2 Å². The number of aryl methyl sites for hydroxylation is 1. The molecular formula is C20H15ClF3N3. The first-order chi connectivity index (χ1) is 12.7. The summed E-state index contributed by atoms with van der Waals surface area (Å²) < 4.78 is 39.8. The standard InChI is InChI=1S/C20H15ClF3N3/c1-12-19(15-5-6-16(10-25)18(21)9-15)13(2)27(26-12)11-14-3-7-17(8-4-14)20(22,23)24/h3-9H,11H2,1-2H3. The zero-order chi connectivity index (χ0) is 19.8. The maximum atomic E-state index is 12.7. The van der Waals surface area contributed by atoms with E-state index in [0.29, 0.717) is 17.1 Å². The number of benzene rings is 2. The minimum absolute atomic E-state index is 0.356. The first-order valence-electron chi connectivity index (χ1n) is 8.11. The lowest BCUT2D eigenvalue weighted by Gasteiger charge is -2.09. The van der Waals surface area contributed by atoms with Gasteiger partial charge in [0.15, 0.2) is 0 Å². The summed E-state index contributed by atoms with van der Waals surface area (Å²) in [5.41, 5.74) is 3.83. The minimum atomic E-state index is -4.35. The zero-order valence-corrected chi connectivity index (χ0v) is 15.4. The van der Waals surface area contributed by atoms with Crippen LogP contribution in [-0.4, -0.2) is 9.78 Å². The molecule has 0 fully saturated rings. The fraction of sp³-hybridized carbons (Fsp3) is 0.200. The topological polar surface area (TPSA) is 41.6 Å². The molecule has 1 heterocycles. The number of nitriles is 1. The van der Waals surface area contributed by atoms with Crippen LogP contribution in [0.5, 0.6) is 0 Å². The molecule has 27 heavy (non-hydrogen) atoms. The van der Waals surface area contributed by atoms with E-state index < -0.39 is 11.7 Å². The number of hydrogen-bond donors (Lipinski definition) is 0. The smallest absolute Gasteiger partial charge is 0.265 e. The highest BCUT2D eigenvalue weighted by Crippen LogP contribution is 2.31. The molecule has 2 aromatic carbocycles. The summed E-state index contributed by atoms with van der Waals surface area (Å²) in [6.07, 6.45) is -4.35. The lowest BCUT2D eigenvalue weighted by Crippen LogP contribution is -2.07. The quantitative estimate of drug-likeness (QED) is 0.571. The maximum Gasteiger partial charge on any atom is 0.416 e. The van der Waals surface area contributed by atoms with Crippen molar-refractivity contribution in [2.24, 2.45) is 0 Å². The monoisotopic (exact) mass is 389 g/mol. The summed E-state index contributed by atoms with van der Waals surface area (Å²) in [7, 11) is 0. The SMILES string of the molecule is Cc1nn(Cc2ccc(C(F)(F)F)cc2)c(C)c1-c1ccc(C#N)c(Cl)c1. The Morgan fingerprint density at radius 1 is 1.11 bits per heavy atom. The predicted octanol–water partition coefficient (Wildman–Crippen LogP) is 5.76. The largest absolute Gasteiger partial charge is 0.416 e. The molecule has 1 aromatic heterocycles. The third-order valence-corrected chi connectivity index (χ3v) is 4.69. The van der Waals surface area contributed by atoms with E-state index in [1.807, 2.05) is 26.0 Å². The van der Waals surface area contributed by atoms with Crippen molar-refractivity contribution >= 4 is 11.6 Å². The van der Waals surface area contributed by atoms with E-state index in [-0.39, 0.29) is 0 Å². The van der Waals surface area contributed by atoms with Gasteiger partial charge in [-0.25, -0.2) is 0 Å². The van der Waals surface area contributed by atoms with Gasteiger partial charge in [0.1, 0.15) is 6.07 Å². The molecule has 0 unspecified atom stereocenters. The van der Waals surface area contributed by atoms with E-state index in [2.05, 4.69) is 5.10 Å². The molecule has 0 aliphatic carbocycles. The van der Waals surface area contributed by atoms with E-state index in [4.69, 9.17) is 16.9 Å². The van der Waals surface area contributed by atoms with Crippen molar-refractivity contribution in [3.63, 3.8) is 0 Å². The van der Waals surface area contributed by atoms with E-state index in [0.717, 1.165) is 40.2 Å². The summed E-state index contributed by atoms with van der Waals surface area (Å²) in [6.45, 7) is 4.11. The first kappa shape index (κ1) is 19.0. The Morgan fingerprint density at radius 3 is 2.33 bits per heavy atom. The van der Waals surface area contributed by atoms with Gasteiger partial charge >= 0.3 is 6.18 Å². The Balaban J connectivity index is 1.92. The van der Waals surface area contributed by atoms with Gasteiger partial charge in [-0.1, -0.05) is 29.8 Å². The van der Waals surface area contributed by atoms with Gasteiger partial charge in [-0.2, -0.15) is 23.5 Å². The van der Waals surface area contributed by atoms with Crippen molar-refractivity contribution in [3.05, 3.63) is 75.6 Å². The van der Waals surface area contributed by atoms with Crippen LogP contribution in [0.3, 0.4) is 0 Å². The highest BCUT2D eigenvalue weighted by molar-refractivity contribution is 6.32. The molecule has 0 spiro atoms. The van der Waals surface area contributed by atoms with Crippen molar-refractivity contribution in [2.45, 2.75) is 26.6 Å². The van der Waals surface area contributed by atoms with Gasteiger partial charge in [0.05, 0.1) is 28.4 Å². The average Bonchev–Trinajstić information content (AvgIpc) is 2.88. The van der Waals surface area contributed by atoms with Crippen LogP contribution < -0.4 is 0 Å². The van der Waals surface area contributed by atoms with Gasteiger partial charge in [0.25, 0.3) is 0 Å². The molecule has 0 saturated carbocycles. The summed E-state index contributed by atoms with van der Waals surface area (Å²) in [5, 5.41) is 13.9. The Morgan fingerprint density at radius 2 is 1.78 bits per heavy atom. The molecule has 0 bridgehead atoms. The lowest BCUT2D eigenvalue weighted by molar-refractivity contribution is -0.137. The highest BCUT2D eigenvalue weighted by Gasteiger charge is 2.30. The second-order valence-corrected chi connectivity index (χ2v) is 6.61. The number of nitrogens with zero attached hydrogens (tertiary/aromatic N) is 3. The molecule has 0 saturated heterocycles. The van der Waals surface area contributed by atoms with Crippen molar-refractivity contribution in [1.82, 2.24) is 9.78 Å². The van der Waals surface area contributed by atoms with Crippen LogP contribution in [0, 0.1) is 25.2 Å². The minimum Gasteiger partial charge on any atom is -0.265 e. The molecule has 0 atom stereocenters. The fourth-order valence-corrected chi connectivity index (χ4v) is 3.22. The molecule has 0 aliphatic rings. The number of halogens is 4. The van der Waals surface area contributed by atoms with Gasteiger partial charge in [-0.3, -0.25) is 4.68 Å². The molecule has 138 valence electrons. The Bertz CT molecular complexity index is 1030. The summed E-state index contributed by atoms with van der Waals surface area (Å²) >= 11 is 6.13. The maximum absolute atomic E-state index is 12.7. The molecule has 0 amide bonds. The molecular weight excluding hydrogens is 375 g/mol. The van der Waals surface area contributed by atoms with Crippen LogP contribution in [0.25, 0.3) is 11.1 Å². The van der Waals surface area contributed by atoms with Crippen LogP contribution in [0.15, 0.2) is 42.5 Å². The van der Waals surface area contributed by atoms with Gasteiger partial charge in [-0.05, 0) is 49.2 Å². The third kappa shape index (κ3) is 3.83. The normalized spacial score (nSPS) is 11.4. The van der Waals surface area contributed by atoms with E-state index in [1.165, 1.54) is 12.1 Å². The Hall–Kier alpha value is -2.78. The van der Waals surface area contributed by atoms with Crippen LogP contribution in [0.4, 0.5) is 13.2 Å². The van der Waals surface area contributed by atoms with Crippen LogP contribution in [0.2, 0.25) is 5.02 Å². The lowest BCUT2D eigenvalue weighted by atomic mass is 10.0. The molecule has 3 nitrogen and oxygen atoms in total. The van der Waals surface area contributed by atoms with Crippen molar-refractivity contribution in [1.29, 1.82) is 5.26 Å². The number of rotatable bonds is 3. The van der Waals surface area contributed by atoms with Crippen molar-refractivity contribution in [2.75, 3.05) is 0 Å². The Kier molecular flexibility index (Phi) is 4.99. The first-order valence-corrected chi connectivity index (χ1v) is 8.48. The molecule has 0 aliphatic heterocycles. The van der Waals surface area contributed by atoms with Gasteiger partial charge in [-0.15, -0.1) is 0 Å². The van der Waals surface area contributed by atoms with Gasteiger partial charge < -0.3 is 0 Å². The average molecular weight is 390 g/mol. The predicted molar refractivity (Wildman–Crippen MR) is 97.4 cm³/mol. The molecule has 0 radical (unpaired) electrons. The highest BCUT2D eigenvalue weighted by atomic mass is 35.5. The molecule has 7 heteroatoms.